The molecule has 0 amide bonds. The Kier molecular flexibility index (Phi) is 4.85. The molecule has 0 aliphatic rings. The van der Waals surface area contributed by atoms with Crippen LogP contribution in [0.1, 0.15) is 36.0 Å². The summed E-state index contributed by atoms with van der Waals surface area (Å²) in [4.78, 5) is 20.3. The second kappa shape index (κ2) is 7.32. The van der Waals surface area contributed by atoms with Crippen molar-refractivity contribution in [3.8, 4) is 11.1 Å². The fraction of sp³-hybridized carbons (Fsp3) is 0.217. The Labute approximate surface area is 167 Å². The smallest absolute Gasteiger partial charge is 0.263 e. The van der Waals surface area contributed by atoms with Crippen LogP contribution in [0.2, 0.25) is 0 Å². The topological polar surface area (TPSA) is 34.9 Å². The van der Waals surface area contributed by atoms with Gasteiger partial charge in [0.1, 0.15) is 16.5 Å². The van der Waals surface area contributed by atoms with E-state index in [0.29, 0.717) is 11.9 Å². The summed E-state index contributed by atoms with van der Waals surface area (Å²) in [6.45, 7) is 6.37. The largest absolute Gasteiger partial charge is 0.291 e. The Balaban J connectivity index is 1.99. The van der Waals surface area contributed by atoms with E-state index in [1.54, 1.807) is 22.0 Å². The number of aromatic nitrogens is 2. The molecule has 2 aromatic carbocycles. The third-order valence-corrected chi connectivity index (χ3v) is 5.83. The van der Waals surface area contributed by atoms with Crippen molar-refractivity contribution >= 4 is 21.6 Å². The number of benzene rings is 2. The Morgan fingerprint density at radius 3 is 2.54 bits per heavy atom. The van der Waals surface area contributed by atoms with Crippen molar-refractivity contribution in [1.82, 2.24) is 9.55 Å². The van der Waals surface area contributed by atoms with Gasteiger partial charge in [-0.25, -0.2) is 9.37 Å². The lowest BCUT2D eigenvalue weighted by molar-refractivity contribution is 0.612. The zero-order chi connectivity index (χ0) is 19.8. The van der Waals surface area contributed by atoms with Crippen molar-refractivity contribution in [2.45, 2.75) is 33.2 Å². The minimum Gasteiger partial charge on any atom is -0.291 e. The van der Waals surface area contributed by atoms with Crippen molar-refractivity contribution in [3.05, 3.63) is 87.0 Å². The minimum absolute atomic E-state index is 0.0684. The first kappa shape index (κ1) is 18.6. The molecule has 4 aromatic rings. The third-order valence-electron chi connectivity index (χ3n) is 4.83. The lowest BCUT2D eigenvalue weighted by Crippen LogP contribution is -2.26. The van der Waals surface area contributed by atoms with E-state index in [-0.39, 0.29) is 17.3 Å². The summed E-state index contributed by atoms with van der Waals surface area (Å²) in [5, 5.41) is 0.648. The SMILES string of the molecule is Cc1sc2nc(C(C)C)n(Cc3cccc(F)c3)c(=O)c2c1-c1ccccc1. The second-order valence-corrected chi connectivity index (χ2v) is 8.43. The van der Waals surface area contributed by atoms with Crippen LogP contribution in [-0.4, -0.2) is 9.55 Å². The Morgan fingerprint density at radius 1 is 1.11 bits per heavy atom. The van der Waals surface area contributed by atoms with E-state index < -0.39 is 0 Å². The Bertz CT molecular complexity index is 1210. The van der Waals surface area contributed by atoms with Crippen molar-refractivity contribution in [1.29, 1.82) is 0 Å². The summed E-state index contributed by atoms with van der Waals surface area (Å²) in [5.41, 5.74) is 2.64. The quantitative estimate of drug-likeness (QED) is 0.444. The molecule has 0 unspecified atom stereocenters. The normalized spacial score (nSPS) is 11.5. The van der Waals surface area contributed by atoms with Gasteiger partial charge in [-0.05, 0) is 30.2 Å². The number of hydrogen-bond acceptors (Lipinski definition) is 3. The van der Waals surface area contributed by atoms with Crippen LogP contribution in [0.4, 0.5) is 4.39 Å². The monoisotopic (exact) mass is 392 g/mol. The van der Waals surface area contributed by atoms with Crippen LogP contribution in [0.5, 0.6) is 0 Å². The number of halogens is 1. The Morgan fingerprint density at radius 2 is 1.86 bits per heavy atom. The first-order chi connectivity index (χ1) is 13.5. The van der Waals surface area contributed by atoms with E-state index in [0.717, 1.165) is 32.2 Å². The van der Waals surface area contributed by atoms with Gasteiger partial charge in [0.05, 0.1) is 11.9 Å². The zero-order valence-electron chi connectivity index (χ0n) is 16.1. The van der Waals surface area contributed by atoms with Gasteiger partial charge in [0.15, 0.2) is 0 Å². The number of hydrogen-bond donors (Lipinski definition) is 0. The second-order valence-electron chi connectivity index (χ2n) is 7.23. The molecule has 0 aliphatic carbocycles. The molecule has 0 radical (unpaired) electrons. The summed E-state index contributed by atoms with van der Waals surface area (Å²) in [6.07, 6.45) is 0. The van der Waals surface area contributed by atoms with Gasteiger partial charge in [0.25, 0.3) is 5.56 Å². The molecule has 2 aromatic heterocycles. The molecule has 0 spiro atoms. The average molecular weight is 392 g/mol. The van der Waals surface area contributed by atoms with Crippen LogP contribution in [0, 0.1) is 12.7 Å². The highest BCUT2D eigenvalue weighted by Gasteiger charge is 2.21. The molecule has 3 nitrogen and oxygen atoms in total. The van der Waals surface area contributed by atoms with E-state index in [4.69, 9.17) is 4.98 Å². The van der Waals surface area contributed by atoms with Gasteiger partial charge >= 0.3 is 0 Å². The summed E-state index contributed by atoms with van der Waals surface area (Å²) in [6, 6.07) is 16.3. The van der Waals surface area contributed by atoms with Gasteiger partial charge in [0, 0.05) is 16.4 Å². The lowest BCUT2D eigenvalue weighted by Gasteiger charge is -2.15. The van der Waals surface area contributed by atoms with Gasteiger partial charge in [0.2, 0.25) is 0 Å². The molecule has 0 atom stereocenters. The molecule has 2 heterocycles. The molecule has 0 bridgehead atoms. The van der Waals surface area contributed by atoms with Gasteiger partial charge in [-0.3, -0.25) is 9.36 Å². The van der Waals surface area contributed by atoms with Crippen molar-refractivity contribution in [2.24, 2.45) is 0 Å². The van der Waals surface area contributed by atoms with Gasteiger partial charge in [-0.15, -0.1) is 11.3 Å². The Hall–Kier alpha value is -2.79. The summed E-state index contributed by atoms with van der Waals surface area (Å²) < 4.78 is 15.4. The molecule has 0 fully saturated rings. The van der Waals surface area contributed by atoms with E-state index in [9.17, 15) is 9.18 Å². The van der Waals surface area contributed by atoms with Crippen molar-refractivity contribution in [3.63, 3.8) is 0 Å². The fourth-order valence-corrected chi connectivity index (χ4v) is 4.62. The van der Waals surface area contributed by atoms with Crippen LogP contribution in [0.25, 0.3) is 21.3 Å². The first-order valence-corrected chi connectivity index (χ1v) is 10.1. The molecule has 142 valence electrons. The van der Waals surface area contributed by atoms with E-state index in [1.807, 2.05) is 57.2 Å². The summed E-state index contributed by atoms with van der Waals surface area (Å²) in [5.74, 6) is 0.498. The maximum absolute atomic E-state index is 13.7. The molecule has 5 heteroatoms. The average Bonchev–Trinajstić information content (AvgIpc) is 3.00. The first-order valence-electron chi connectivity index (χ1n) is 9.29. The van der Waals surface area contributed by atoms with Crippen LogP contribution >= 0.6 is 11.3 Å². The summed E-state index contributed by atoms with van der Waals surface area (Å²) in [7, 11) is 0. The lowest BCUT2D eigenvalue weighted by atomic mass is 10.0. The highest BCUT2D eigenvalue weighted by atomic mass is 32.1. The molecule has 0 saturated carbocycles. The van der Waals surface area contributed by atoms with Crippen molar-refractivity contribution in [2.75, 3.05) is 0 Å². The highest BCUT2D eigenvalue weighted by Crippen LogP contribution is 2.36. The number of fused-ring (bicyclic) bond motifs is 1. The van der Waals surface area contributed by atoms with E-state index >= 15 is 0 Å². The number of nitrogens with zero attached hydrogens (tertiary/aromatic N) is 2. The number of thiophene rings is 1. The highest BCUT2D eigenvalue weighted by molar-refractivity contribution is 7.19. The number of aryl methyl sites for hydroxylation is 1. The maximum Gasteiger partial charge on any atom is 0.263 e. The fourth-order valence-electron chi connectivity index (χ4n) is 3.57. The van der Waals surface area contributed by atoms with Crippen molar-refractivity contribution < 1.29 is 4.39 Å². The molecule has 4 rings (SSSR count). The molecule has 28 heavy (non-hydrogen) atoms. The van der Waals surface area contributed by atoms with Gasteiger partial charge in [-0.1, -0.05) is 56.3 Å². The molecule has 0 aliphatic heterocycles. The van der Waals surface area contributed by atoms with Crippen LogP contribution in [0.3, 0.4) is 0 Å². The molecule has 0 saturated heterocycles. The molecule has 0 N–H and O–H groups in total. The predicted octanol–water partition coefficient (Wildman–Crippen LogP) is 5.74. The maximum atomic E-state index is 13.7. The molecular formula is C23H21FN2OS. The molecular weight excluding hydrogens is 371 g/mol. The number of rotatable bonds is 4. The van der Waals surface area contributed by atoms with Crippen LogP contribution in [-0.2, 0) is 6.54 Å². The standard InChI is InChI=1S/C23H21FN2OS/c1-14(2)21-25-22-20(19(15(3)28-22)17-9-5-4-6-10-17)23(27)26(21)13-16-8-7-11-18(24)12-16/h4-12,14H,13H2,1-3H3. The van der Waals surface area contributed by atoms with E-state index in [1.165, 1.54) is 12.1 Å². The zero-order valence-corrected chi connectivity index (χ0v) is 16.9. The van der Waals surface area contributed by atoms with Gasteiger partial charge < -0.3 is 0 Å². The predicted molar refractivity (Wildman–Crippen MR) is 114 cm³/mol. The van der Waals surface area contributed by atoms with Crippen LogP contribution < -0.4 is 5.56 Å². The third kappa shape index (κ3) is 3.27. The van der Waals surface area contributed by atoms with Crippen LogP contribution in [0.15, 0.2) is 59.4 Å². The van der Waals surface area contributed by atoms with Gasteiger partial charge in [-0.2, -0.15) is 0 Å². The summed E-state index contributed by atoms with van der Waals surface area (Å²) >= 11 is 1.55. The minimum atomic E-state index is -0.304. The van der Waals surface area contributed by atoms with E-state index in [2.05, 4.69) is 0 Å².